The molecule has 2 aromatic rings. The lowest BCUT2D eigenvalue weighted by molar-refractivity contribution is 0.0517. The Morgan fingerprint density at radius 2 is 2.32 bits per heavy atom. The smallest absolute Gasteiger partial charge is 0.359 e. The average molecular weight is 299 g/mol. The standard InChI is InChI=1S/C16H17N3O3/c1-3-22-16(20)14-12-7-9-6-11(9)15(12)19(18-14)13-5-4-10(21-2)8-17-13/h4-5,8-9,11H,3,6-7H2,1-2H3/t9-,11-/m1/s1. The van der Waals surface area contributed by atoms with Crippen molar-refractivity contribution in [3.05, 3.63) is 35.3 Å². The molecule has 6 heteroatoms. The van der Waals surface area contributed by atoms with Crippen LogP contribution in [0.3, 0.4) is 0 Å². The third kappa shape index (κ3) is 1.90. The summed E-state index contributed by atoms with van der Waals surface area (Å²) in [5.74, 6) is 2.23. The van der Waals surface area contributed by atoms with Crippen LogP contribution in [0.25, 0.3) is 5.82 Å². The van der Waals surface area contributed by atoms with E-state index < -0.39 is 0 Å². The molecular formula is C16H17N3O3. The Hall–Kier alpha value is -2.37. The van der Waals surface area contributed by atoms with Gasteiger partial charge in [0, 0.05) is 11.5 Å². The summed E-state index contributed by atoms with van der Waals surface area (Å²) in [4.78, 5) is 16.5. The van der Waals surface area contributed by atoms with Crippen LogP contribution >= 0.6 is 0 Å². The van der Waals surface area contributed by atoms with E-state index in [4.69, 9.17) is 9.47 Å². The number of carbonyl (C=O) groups is 1. The maximum atomic E-state index is 12.1. The first-order chi connectivity index (χ1) is 10.7. The van der Waals surface area contributed by atoms with Crippen LogP contribution in [0.5, 0.6) is 5.75 Å². The van der Waals surface area contributed by atoms with Crippen LogP contribution in [0.15, 0.2) is 18.3 Å². The number of rotatable bonds is 4. The summed E-state index contributed by atoms with van der Waals surface area (Å²) in [6.45, 7) is 2.16. The monoisotopic (exact) mass is 299 g/mol. The Morgan fingerprint density at radius 3 is 3.00 bits per heavy atom. The van der Waals surface area contributed by atoms with Crippen LogP contribution in [0.1, 0.15) is 41.0 Å². The normalized spacial score (nSPS) is 21.2. The lowest BCUT2D eigenvalue weighted by Gasteiger charge is -2.06. The molecule has 2 heterocycles. The number of pyridine rings is 1. The molecule has 1 saturated carbocycles. The van der Waals surface area contributed by atoms with Gasteiger partial charge in [-0.25, -0.2) is 14.5 Å². The van der Waals surface area contributed by atoms with Crippen molar-refractivity contribution in [2.24, 2.45) is 5.92 Å². The highest BCUT2D eigenvalue weighted by Crippen LogP contribution is 2.57. The molecule has 0 aliphatic heterocycles. The lowest BCUT2D eigenvalue weighted by Crippen LogP contribution is -2.09. The van der Waals surface area contributed by atoms with Gasteiger partial charge in [-0.1, -0.05) is 0 Å². The van der Waals surface area contributed by atoms with Gasteiger partial charge in [-0.05, 0) is 37.8 Å². The summed E-state index contributed by atoms with van der Waals surface area (Å²) in [6, 6.07) is 3.70. The number of carbonyl (C=O) groups excluding carboxylic acids is 1. The van der Waals surface area contributed by atoms with E-state index in [-0.39, 0.29) is 5.97 Å². The van der Waals surface area contributed by atoms with Gasteiger partial charge in [0.05, 0.1) is 25.6 Å². The third-order valence-corrected chi connectivity index (χ3v) is 4.41. The van der Waals surface area contributed by atoms with Gasteiger partial charge in [0.1, 0.15) is 5.75 Å². The molecule has 2 aliphatic carbocycles. The molecule has 0 unspecified atom stereocenters. The zero-order valence-electron chi connectivity index (χ0n) is 12.6. The maximum Gasteiger partial charge on any atom is 0.359 e. The minimum atomic E-state index is -0.340. The fourth-order valence-corrected chi connectivity index (χ4v) is 3.27. The Morgan fingerprint density at radius 1 is 1.45 bits per heavy atom. The first-order valence-electron chi connectivity index (χ1n) is 7.52. The Bertz CT molecular complexity index is 736. The number of esters is 1. The van der Waals surface area contributed by atoms with Crippen LogP contribution < -0.4 is 4.74 Å². The van der Waals surface area contributed by atoms with Crippen LogP contribution in [0.4, 0.5) is 0 Å². The molecule has 2 aliphatic rings. The number of ether oxygens (including phenoxy) is 2. The first-order valence-corrected chi connectivity index (χ1v) is 7.52. The SMILES string of the molecule is CCOC(=O)c1nn(-c2ccc(OC)cn2)c2c1C[C@H]1C[C@@H]21. The maximum absolute atomic E-state index is 12.1. The molecular weight excluding hydrogens is 282 g/mol. The van der Waals surface area contributed by atoms with Gasteiger partial charge in [-0.15, -0.1) is 0 Å². The van der Waals surface area contributed by atoms with Crippen molar-refractivity contribution in [2.45, 2.75) is 25.7 Å². The Kier molecular flexibility index (Phi) is 2.92. The summed E-state index contributed by atoms with van der Waals surface area (Å²) in [6.07, 6.45) is 3.76. The molecule has 6 nitrogen and oxygen atoms in total. The van der Waals surface area contributed by atoms with Crippen molar-refractivity contribution in [1.82, 2.24) is 14.8 Å². The summed E-state index contributed by atoms with van der Waals surface area (Å²) >= 11 is 0. The van der Waals surface area contributed by atoms with Gasteiger partial charge in [-0.3, -0.25) is 0 Å². The number of aromatic nitrogens is 3. The highest BCUT2D eigenvalue weighted by Gasteiger charge is 2.50. The van der Waals surface area contributed by atoms with E-state index in [2.05, 4.69) is 10.1 Å². The number of hydrogen-bond donors (Lipinski definition) is 0. The molecule has 0 bridgehead atoms. The first kappa shape index (κ1) is 13.3. The highest BCUT2D eigenvalue weighted by atomic mass is 16.5. The number of nitrogens with zero attached hydrogens (tertiary/aromatic N) is 3. The zero-order chi connectivity index (χ0) is 15.3. The van der Waals surface area contributed by atoms with Gasteiger partial charge < -0.3 is 9.47 Å². The van der Waals surface area contributed by atoms with E-state index in [0.717, 1.165) is 17.7 Å². The predicted octanol–water partition coefficient (Wildman–Crippen LogP) is 2.11. The topological polar surface area (TPSA) is 66.2 Å². The average Bonchev–Trinajstić information content (AvgIpc) is 3.04. The molecule has 2 aromatic heterocycles. The van der Waals surface area contributed by atoms with Gasteiger partial charge in [0.15, 0.2) is 11.5 Å². The second-order valence-electron chi connectivity index (χ2n) is 5.71. The molecule has 22 heavy (non-hydrogen) atoms. The molecule has 2 atom stereocenters. The van der Waals surface area contributed by atoms with E-state index in [1.165, 1.54) is 6.42 Å². The summed E-state index contributed by atoms with van der Waals surface area (Å²) in [7, 11) is 1.61. The second kappa shape index (κ2) is 4.83. The van der Waals surface area contributed by atoms with E-state index in [1.54, 1.807) is 24.9 Å². The summed E-state index contributed by atoms with van der Waals surface area (Å²) in [5, 5.41) is 4.49. The number of fused-ring (bicyclic) bond motifs is 3. The van der Waals surface area contributed by atoms with E-state index in [9.17, 15) is 4.79 Å². The van der Waals surface area contributed by atoms with Crippen molar-refractivity contribution in [2.75, 3.05) is 13.7 Å². The molecule has 0 radical (unpaired) electrons. The van der Waals surface area contributed by atoms with Gasteiger partial charge >= 0.3 is 5.97 Å². The van der Waals surface area contributed by atoms with Crippen molar-refractivity contribution in [3.8, 4) is 11.6 Å². The van der Waals surface area contributed by atoms with Crippen LogP contribution in [-0.2, 0) is 11.2 Å². The molecule has 0 spiro atoms. The molecule has 1 fully saturated rings. The van der Waals surface area contributed by atoms with Crippen LogP contribution in [0.2, 0.25) is 0 Å². The lowest BCUT2D eigenvalue weighted by atomic mass is 10.1. The van der Waals surface area contributed by atoms with E-state index >= 15 is 0 Å². The molecule has 0 saturated heterocycles. The van der Waals surface area contributed by atoms with Crippen LogP contribution in [0, 0.1) is 5.92 Å². The number of methoxy groups -OCH3 is 1. The summed E-state index contributed by atoms with van der Waals surface area (Å²) < 4.78 is 12.1. The van der Waals surface area contributed by atoms with Crippen LogP contribution in [-0.4, -0.2) is 34.5 Å². The molecule has 4 rings (SSSR count). The van der Waals surface area contributed by atoms with Crippen molar-refractivity contribution in [1.29, 1.82) is 0 Å². The summed E-state index contributed by atoms with van der Waals surface area (Å²) in [5.41, 5.74) is 2.62. The fraction of sp³-hybridized carbons (Fsp3) is 0.438. The van der Waals surface area contributed by atoms with Gasteiger partial charge in [0.25, 0.3) is 0 Å². The molecule has 114 valence electrons. The quantitative estimate of drug-likeness (QED) is 0.809. The second-order valence-corrected chi connectivity index (χ2v) is 5.71. The Labute approximate surface area is 128 Å². The minimum absolute atomic E-state index is 0.340. The highest BCUT2D eigenvalue weighted by molar-refractivity contribution is 5.90. The molecule has 0 amide bonds. The predicted molar refractivity (Wildman–Crippen MR) is 78.4 cm³/mol. The minimum Gasteiger partial charge on any atom is -0.495 e. The van der Waals surface area contributed by atoms with E-state index in [1.807, 2.05) is 12.1 Å². The fourth-order valence-electron chi connectivity index (χ4n) is 3.27. The van der Waals surface area contributed by atoms with Gasteiger partial charge in [-0.2, -0.15) is 5.10 Å². The number of hydrogen-bond acceptors (Lipinski definition) is 5. The molecule has 0 N–H and O–H groups in total. The zero-order valence-corrected chi connectivity index (χ0v) is 12.6. The van der Waals surface area contributed by atoms with E-state index in [0.29, 0.717) is 35.7 Å². The van der Waals surface area contributed by atoms with Gasteiger partial charge in [0.2, 0.25) is 0 Å². The van der Waals surface area contributed by atoms with Crippen molar-refractivity contribution in [3.63, 3.8) is 0 Å². The largest absolute Gasteiger partial charge is 0.495 e. The molecule has 0 aromatic carbocycles. The Balaban J connectivity index is 1.79. The third-order valence-electron chi connectivity index (χ3n) is 4.41. The van der Waals surface area contributed by atoms with Crippen molar-refractivity contribution >= 4 is 5.97 Å². The van der Waals surface area contributed by atoms with Crippen molar-refractivity contribution < 1.29 is 14.3 Å².